The summed E-state index contributed by atoms with van der Waals surface area (Å²) >= 11 is 0. The van der Waals surface area contributed by atoms with Gasteiger partial charge in [-0.05, 0) is 58.4 Å². The molecule has 0 bridgehead atoms. The highest BCUT2D eigenvalue weighted by Crippen LogP contribution is 2.38. The molecule has 36 heavy (non-hydrogen) atoms. The van der Waals surface area contributed by atoms with Crippen LogP contribution in [0.3, 0.4) is 0 Å². The van der Waals surface area contributed by atoms with Crippen LogP contribution in [-0.4, -0.2) is 39.2 Å². The van der Waals surface area contributed by atoms with Gasteiger partial charge in [-0.1, -0.05) is 90.5 Å². The second kappa shape index (κ2) is 11.3. The number of sulfonamides is 1. The van der Waals surface area contributed by atoms with E-state index in [1.807, 2.05) is 12.1 Å². The summed E-state index contributed by atoms with van der Waals surface area (Å²) in [4.78, 5) is 2.49. The Morgan fingerprint density at radius 1 is 0.833 bits per heavy atom. The molecule has 0 spiro atoms. The average molecular weight is 519 g/mol. The van der Waals surface area contributed by atoms with Crippen LogP contribution >= 0.6 is 12.4 Å². The van der Waals surface area contributed by atoms with Crippen LogP contribution in [0.25, 0.3) is 23.8 Å². The molecular weight excluding hydrogens is 488 g/mol. The van der Waals surface area contributed by atoms with Crippen LogP contribution < -0.4 is 4.72 Å². The molecule has 5 rings (SSSR count). The topological polar surface area (TPSA) is 49.4 Å². The van der Waals surface area contributed by atoms with E-state index in [4.69, 9.17) is 0 Å². The van der Waals surface area contributed by atoms with Crippen LogP contribution in [-0.2, 0) is 10.0 Å². The van der Waals surface area contributed by atoms with Gasteiger partial charge in [0, 0.05) is 25.3 Å². The zero-order valence-corrected chi connectivity index (χ0v) is 22.0. The number of rotatable bonds is 5. The summed E-state index contributed by atoms with van der Waals surface area (Å²) in [5.41, 5.74) is 9.85. The van der Waals surface area contributed by atoms with Crippen molar-refractivity contribution < 1.29 is 8.42 Å². The van der Waals surface area contributed by atoms with E-state index < -0.39 is 10.0 Å². The second-order valence-corrected chi connectivity index (χ2v) is 10.9. The molecule has 0 amide bonds. The number of hydrogen-bond acceptors (Lipinski definition) is 3. The molecule has 2 aliphatic rings. The SMILES string of the molecule is CS(=O)(=O)Nc1ccc(/C=C/CN2CCC(=C3c4ccccc4C=Cc4ccccc43)CC2)cc1.Cl. The van der Waals surface area contributed by atoms with Crippen molar-refractivity contribution >= 4 is 51.9 Å². The molecule has 6 heteroatoms. The number of likely N-dealkylation sites (tertiary alicyclic amines) is 1. The van der Waals surface area contributed by atoms with Gasteiger partial charge in [0.05, 0.1) is 6.26 Å². The van der Waals surface area contributed by atoms with Crippen molar-refractivity contribution in [3.63, 3.8) is 0 Å². The summed E-state index contributed by atoms with van der Waals surface area (Å²) in [6, 6.07) is 24.9. The Morgan fingerprint density at radius 2 is 1.39 bits per heavy atom. The number of piperidine rings is 1. The zero-order chi connectivity index (χ0) is 24.3. The fourth-order valence-corrected chi connectivity index (χ4v) is 5.48. The van der Waals surface area contributed by atoms with Gasteiger partial charge in [-0.25, -0.2) is 8.42 Å². The fourth-order valence-electron chi connectivity index (χ4n) is 4.92. The Labute approximate surface area is 220 Å². The largest absolute Gasteiger partial charge is 0.299 e. The van der Waals surface area contributed by atoms with E-state index in [1.54, 1.807) is 17.7 Å². The predicted molar refractivity (Wildman–Crippen MR) is 155 cm³/mol. The van der Waals surface area contributed by atoms with Gasteiger partial charge in [-0.3, -0.25) is 9.62 Å². The number of fused-ring (bicyclic) bond motifs is 2. The Balaban J connectivity index is 0.00000304. The molecule has 3 aromatic rings. The van der Waals surface area contributed by atoms with Crippen molar-refractivity contribution in [2.24, 2.45) is 0 Å². The minimum atomic E-state index is -3.25. The molecule has 1 saturated heterocycles. The van der Waals surface area contributed by atoms with E-state index in [-0.39, 0.29) is 12.4 Å². The Hall–Kier alpha value is -3.12. The highest BCUT2D eigenvalue weighted by molar-refractivity contribution is 7.92. The number of benzene rings is 3. The van der Waals surface area contributed by atoms with Crippen molar-refractivity contribution in [3.8, 4) is 0 Å². The lowest BCUT2D eigenvalue weighted by Crippen LogP contribution is -2.31. The lowest BCUT2D eigenvalue weighted by molar-refractivity contribution is 0.284. The van der Waals surface area contributed by atoms with Gasteiger partial charge in [-0.15, -0.1) is 12.4 Å². The highest BCUT2D eigenvalue weighted by atomic mass is 35.5. The molecule has 1 fully saturated rings. The summed E-state index contributed by atoms with van der Waals surface area (Å²) in [7, 11) is -3.25. The summed E-state index contributed by atoms with van der Waals surface area (Å²) in [5.74, 6) is 0. The van der Waals surface area contributed by atoms with Gasteiger partial charge in [0.15, 0.2) is 0 Å². The van der Waals surface area contributed by atoms with Crippen molar-refractivity contribution in [3.05, 3.63) is 112 Å². The molecule has 1 aliphatic carbocycles. The van der Waals surface area contributed by atoms with E-state index in [1.165, 1.54) is 27.8 Å². The quantitative estimate of drug-likeness (QED) is 0.325. The van der Waals surface area contributed by atoms with Gasteiger partial charge in [-0.2, -0.15) is 0 Å². The number of hydrogen-bond donors (Lipinski definition) is 1. The van der Waals surface area contributed by atoms with E-state index in [9.17, 15) is 8.42 Å². The molecule has 0 aromatic heterocycles. The maximum Gasteiger partial charge on any atom is 0.229 e. The molecule has 1 aliphatic heterocycles. The molecule has 0 unspecified atom stereocenters. The lowest BCUT2D eigenvalue weighted by atomic mass is 9.86. The monoisotopic (exact) mass is 518 g/mol. The minimum Gasteiger partial charge on any atom is -0.299 e. The van der Waals surface area contributed by atoms with Crippen LogP contribution in [0.15, 0.2) is 84.4 Å². The van der Waals surface area contributed by atoms with E-state index in [0.29, 0.717) is 5.69 Å². The van der Waals surface area contributed by atoms with Crippen LogP contribution in [0.4, 0.5) is 5.69 Å². The number of anilines is 1. The smallest absolute Gasteiger partial charge is 0.229 e. The first-order chi connectivity index (χ1) is 17.0. The van der Waals surface area contributed by atoms with Crippen LogP contribution in [0.1, 0.15) is 40.7 Å². The molecule has 4 nitrogen and oxygen atoms in total. The van der Waals surface area contributed by atoms with Crippen LogP contribution in [0, 0.1) is 0 Å². The fraction of sp³-hybridized carbons (Fsp3) is 0.200. The zero-order valence-electron chi connectivity index (χ0n) is 20.4. The molecule has 186 valence electrons. The minimum absolute atomic E-state index is 0. The third-order valence-electron chi connectivity index (χ3n) is 6.60. The van der Waals surface area contributed by atoms with Crippen molar-refractivity contribution in [2.45, 2.75) is 12.8 Å². The molecule has 3 aromatic carbocycles. The summed E-state index contributed by atoms with van der Waals surface area (Å²) < 4.78 is 25.2. The highest BCUT2D eigenvalue weighted by Gasteiger charge is 2.22. The number of halogens is 1. The normalized spacial score (nSPS) is 15.7. The lowest BCUT2D eigenvalue weighted by Gasteiger charge is -2.29. The third kappa shape index (κ3) is 6.16. The first-order valence-corrected chi connectivity index (χ1v) is 13.9. The number of nitrogens with zero attached hydrogens (tertiary/aromatic N) is 1. The van der Waals surface area contributed by atoms with Crippen LogP contribution in [0.2, 0.25) is 0 Å². The molecule has 0 atom stereocenters. The average Bonchev–Trinajstić information content (AvgIpc) is 3.02. The molecule has 1 N–H and O–H groups in total. The van der Waals surface area contributed by atoms with Crippen molar-refractivity contribution in [1.29, 1.82) is 0 Å². The summed E-state index contributed by atoms with van der Waals surface area (Å²) in [6.45, 7) is 2.98. The second-order valence-electron chi connectivity index (χ2n) is 9.19. The van der Waals surface area contributed by atoms with Gasteiger partial charge >= 0.3 is 0 Å². The van der Waals surface area contributed by atoms with Gasteiger partial charge in [0.1, 0.15) is 0 Å². The van der Waals surface area contributed by atoms with E-state index in [2.05, 4.69) is 82.5 Å². The van der Waals surface area contributed by atoms with Crippen molar-refractivity contribution in [2.75, 3.05) is 30.6 Å². The van der Waals surface area contributed by atoms with Gasteiger partial charge in [0.25, 0.3) is 0 Å². The standard InChI is InChI=1S/C30H30N2O2S.ClH/c1-35(33,34)31-27-16-12-23(13-17-27)7-6-20-32-21-18-26(19-22-32)30-28-10-4-2-8-24(28)14-15-25-9-3-5-11-29(25)30;/h2-17,31H,18-22H2,1H3;1H/b7-6+;. The molecular formula is C30H31ClN2O2S. The Morgan fingerprint density at radius 3 is 1.94 bits per heavy atom. The summed E-state index contributed by atoms with van der Waals surface area (Å²) in [5, 5.41) is 0. The Kier molecular flexibility index (Phi) is 8.14. The number of nitrogens with one attached hydrogen (secondary N) is 1. The Bertz CT molecular complexity index is 1360. The molecule has 1 heterocycles. The first kappa shape index (κ1) is 26.0. The third-order valence-corrected chi connectivity index (χ3v) is 7.21. The van der Waals surface area contributed by atoms with Gasteiger partial charge in [0.2, 0.25) is 10.0 Å². The maximum atomic E-state index is 11.4. The van der Waals surface area contributed by atoms with E-state index in [0.717, 1.165) is 44.3 Å². The van der Waals surface area contributed by atoms with E-state index >= 15 is 0 Å². The molecule has 0 saturated carbocycles. The van der Waals surface area contributed by atoms with Crippen LogP contribution in [0.5, 0.6) is 0 Å². The van der Waals surface area contributed by atoms with Gasteiger partial charge < -0.3 is 0 Å². The molecule has 0 radical (unpaired) electrons. The van der Waals surface area contributed by atoms with Crippen molar-refractivity contribution in [1.82, 2.24) is 4.90 Å². The maximum absolute atomic E-state index is 11.4. The summed E-state index contributed by atoms with van der Waals surface area (Å²) in [6.07, 6.45) is 12.1. The first-order valence-electron chi connectivity index (χ1n) is 12.0. The predicted octanol–water partition coefficient (Wildman–Crippen LogP) is 6.57.